The summed E-state index contributed by atoms with van der Waals surface area (Å²) in [5.41, 5.74) is 2.76. The van der Waals surface area contributed by atoms with E-state index in [-0.39, 0.29) is 6.61 Å². The van der Waals surface area contributed by atoms with Crippen LogP contribution in [0.15, 0.2) is 43.3 Å². The number of carbonyl (C=O) groups is 1. The Morgan fingerprint density at radius 3 is 2.67 bits per heavy atom. The minimum absolute atomic E-state index is 0.343. The summed E-state index contributed by atoms with van der Waals surface area (Å²) in [7, 11) is 0. The Balaban J connectivity index is 2.94. The molecule has 0 fully saturated rings. The third-order valence-corrected chi connectivity index (χ3v) is 2.38. The van der Waals surface area contributed by atoms with Gasteiger partial charge in [0, 0.05) is 17.6 Å². The van der Waals surface area contributed by atoms with Gasteiger partial charge in [-0.25, -0.2) is 4.79 Å². The number of hydrogen-bond acceptors (Lipinski definition) is 3. The zero-order valence-electron chi connectivity index (χ0n) is 10.6. The second-order valence-corrected chi connectivity index (χ2v) is 3.92. The van der Waals surface area contributed by atoms with Gasteiger partial charge in [-0.1, -0.05) is 13.2 Å². The minimum Gasteiger partial charge on any atom is -0.482 e. The summed E-state index contributed by atoms with van der Waals surface area (Å²) in [4.78, 5) is 12.3. The van der Waals surface area contributed by atoms with Gasteiger partial charge in [0.2, 0.25) is 0 Å². The highest BCUT2D eigenvalue weighted by molar-refractivity contribution is 5.68. The van der Waals surface area contributed by atoms with Gasteiger partial charge in [-0.2, -0.15) is 0 Å². The quantitative estimate of drug-likeness (QED) is 0.839. The molecule has 1 N–H and O–H groups in total. The Bertz CT molecular complexity index is 480. The van der Waals surface area contributed by atoms with Crippen LogP contribution < -0.4 is 9.64 Å². The zero-order valence-corrected chi connectivity index (χ0v) is 10.6. The van der Waals surface area contributed by atoms with E-state index in [1.807, 2.05) is 24.8 Å². The molecule has 0 aliphatic heterocycles. The van der Waals surface area contributed by atoms with E-state index in [1.54, 1.807) is 18.3 Å². The van der Waals surface area contributed by atoms with Crippen molar-refractivity contribution in [3.63, 3.8) is 0 Å². The Hall–Kier alpha value is -2.23. The number of ether oxygens (including phenoxy) is 1. The molecule has 4 nitrogen and oxygen atoms in total. The highest BCUT2D eigenvalue weighted by atomic mass is 16.5. The number of carboxylic acids is 1. The fourth-order valence-electron chi connectivity index (χ4n) is 1.59. The molecule has 0 aliphatic carbocycles. The van der Waals surface area contributed by atoms with E-state index in [9.17, 15) is 4.79 Å². The third kappa shape index (κ3) is 3.38. The van der Waals surface area contributed by atoms with Gasteiger partial charge in [-0.05, 0) is 37.6 Å². The summed E-state index contributed by atoms with van der Waals surface area (Å²) < 4.78 is 5.11. The maximum Gasteiger partial charge on any atom is 0.341 e. The molecule has 0 aliphatic rings. The summed E-state index contributed by atoms with van der Waals surface area (Å²) in [6, 6.07) is 5.37. The number of hydrogen-bond donors (Lipinski definition) is 1. The number of allylic oxidation sites excluding steroid dienone is 1. The fourth-order valence-corrected chi connectivity index (χ4v) is 1.59. The Labute approximate surface area is 107 Å². The van der Waals surface area contributed by atoms with E-state index in [0.29, 0.717) is 5.75 Å². The van der Waals surface area contributed by atoms with Crippen LogP contribution in [0.4, 0.5) is 5.69 Å². The van der Waals surface area contributed by atoms with Crippen LogP contribution >= 0.6 is 0 Å². The van der Waals surface area contributed by atoms with Crippen LogP contribution in [0.2, 0.25) is 0 Å². The molecule has 0 saturated carbocycles. The van der Waals surface area contributed by atoms with Gasteiger partial charge in [0.25, 0.3) is 0 Å². The summed E-state index contributed by atoms with van der Waals surface area (Å²) in [6.07, 6.45) is 1.68. The van der Waals surface area contributed by atoms with E-state index in [0.717, 1.165) is 16.9 Å². The molecule has 0 spiro atoms. The molecule has 0 unspecified atom stereocenters. The molecule has 0 bridgehead atoms. The van der Waals surface area contributed by atoms with Crippen molar-refractivity contribution in [2.75, 3.05) is 11.5 Å². The predicted molar refractivity (Wildman–Crippen MR) is 71.8 cm³/mol. The van der Waals surface area contributed by atoms with Crippen molar-refractivity contribution in [2.24, 2.45) is 0 Å². The van der Waals surface area contributed by atoms with E-state index in [2.05, 4.69) is 13.2 Å². The van der Waals surface area contributed by atoms with E-state index >= 15 is 0 Å². The molecular weight excluding hydrogens is 230 g/mol. The summed E-state index contributed by atoms with van der Waals surface area (Å²) >= 11 is 0. The van der Waals surface area contributed by atoms with Crippen molar-refractivity contribution in [1.29, 1.82) is 0 Å². The average Bonchev–Trinajstić information content (AvgIpc) is 2.29. The van der Waals surface area contributed by atoms with Crippen LogP contribution in [-0.2, 0) is 4.79 Å². The lowest BCUT2D eigenvalue weighted by Gasteiger charge is -2.22. The first kappa shape index (κ1) is 13.8. The van der Waals surface area contributed by atoms with Crippen molar-refractivity contribution in [2.45, 2.75) is 13.8 Å². The van der Waals surface area contributed by atoms with Crippen LogP contribution in [0, 0.1) is 6.92 Å². The normalized spacial score (nSPS) is 9.67. The van der Waals surface area contributed by atoms with Crippen LogP contribution in [0.1, 0.15) is 12.5 Å². The predicted octanol–water partition coefficient (Wildman–Crippen LogP) is 2.94. The monoisotopic (exact) mass is 247 g/mol. The molecule has 0 amide bonds. The van der Waals surface area contributed by atoms with Crippen molar-refractivity contribution in [3.8, 4) is 5.75 Å². The lowest BCUT2D eigenvalue weighted by molar-refractivity contribution is -0.139. The Kier molecular flexibility index (Phi) is 4.54. The lowest BCUT2D eigenvalue weighted by atomic mass is 10.1. The van der Waals surface area contributed by atoms with E-state index in [1.165, 1.54) is 0 Å². The topological polar surface area (TPSA) is 49.8 Å². The zero-order chi connectivity index (χ0) is 13.7. The van der Waals surface area contributed by atoms with E-state index in [4.69, 9.17) is 9.84 Å². The minimum atomic E-state index is -0.994. The first-order valence-electron chi connectivity index (χ1n) is 5.48. The average molecular weight is 247 g/mol. The number of carboxylic acid groups (broad SMARTS) is 1. The number of rotatable bonds is 6. The van der Waals surface area contributed by atoms with Crippen molar-refractivity contribution >= 4 is 11.7 Å². The Morgan fingerprint density at radius 2 is 2.22 bits per heavy atom. The molecule has 1 rings (SSSR count). The third-order valence-electron chi connectivity index (χ3n) is 2.38. The first-order chi connectivity index (χ1) is 8.45. The van der Waals surface area contributed by atoms with Gasteiger partial charge >= 0.3 is 5.97 Å². The number of aryl methyl sites for hydroxylation is 1. The Morgan fingerprint density at radius 1 is 1.56 bits per heavy atom. The first-order valence-corrected chi connectivity index (χ1v) is 5.48. The van der Waals surface area contributed by atoms with Crippen LogP contribution in [0.5, 0.6) is 5.75 Å². The highest BCUT2D eigenvalue weighted by Crippen LogP contribution is 2.27. The van der Waals surface area contributed by atoms with Crippen molar-refractivity contribution < 1.29 is 14.6 Å². The number of benzene rings is 1. The number of anilines is 1. The van der Waals surface area contributed by atoms with Gasteiger partial charge in [0.1, 0.15) is 5.75 Å². The molecule has 0 atom stereocenters. The molecule has 0 radical (unpaired) electrons. The molecule has 1 aromatic rings. The standard InChI is InChI=1S/C14H17NO3/c1-5-15(10(2)3)13-7-6-12(8-11(13)4)18-9-14(16)17/h5-8H,1-2,9H2,3-4H3,(H,16,17). The highest BCUT2D eigenvalue weighted by Gasteiger charge is 2.08. The molecule has 1 aromatic carbocycles. The van der Waals surface area contributed by atoms with E-state index < -0.39 is 5.97 Å². The molecule has 0 aromatic heterocycles. The largest absolute Gasteiger partial charge is 0.482 e. The summed E-state index contributed by atoms with van der Waals surface area (Å²) in [5.74, 6) is -0.462. The van der Waals surface area contributed by atoms with Crippen molar-refractivity contribution in [1.82, 2.24) is 0 Å². The van der Waals surface area contributed by atoms with Gasteiger partial charge in [-0.3, -0.25) is 0 Å². The van der Waals surface area contributed by atoms with Crippen LogP contribution in [0.3, 0.4) is 0 Å². The fraction of sp³-hybridized carbons (Fsp3) is 0.214. The number of nitrogens with zero attached hydrogens (tertiary/aromatic N) is 1. The van der Waals surface area contributed by atoms with Crippen LogP contribution in [0.25, 0.3) is 0 Å². The lowest BCUT2D eigenvalue weighted by Crippen LogP contribution is -2.13. The smallest absolute Gasteiger partial charge is 0.341 e. The second-order valence-electron chi connectivity index (χ2n) is 3.92. The number of aliphatic carboxylic acids is 1. The van der Waals surface area contributed by atoms with Gasteiger partial charge < -0.3 is 14.7 Å². The van der Waals surface area contributed by atoms with Gasteiger partial charge in [-0.15, -0.1) is 0 Å². The maximum absolute atomic E-state index is 10.4. The molecule has 0 heterocycles. The SMILES string of the molecule is C=CN(C(=C)C)c1ccc(OCC(=O)O)cc1C. The molecular formula is C14H17NO3. The molecule has 96 valence electrons. The molecule has 18 heavy (non-hydrogen) atoms. The van der Waals surface area contributed by atoms with Crippen LogP contribution in [-0.4, -0.2) is 17.7 Å². The molecule has 0 saturated heterocycles. The summed E-state index contributed by atoms with van der Waals surface area (Å²) in [5, 5.41) is 8.54. The second kappa shape index (κ2) is 5.91. The van der Waals surface area contributed by atoms with Gasteiger partial charge in [0.15, 0.2) is 6.61 Å². The van der Waals surface area contributed by atoms with Gasteiger partial charge in [0.05, 0.1) is 0 Å². The van der Waals surface area contributed by atoms with Crippen molar-refractivity contribution in [3.05, 3.63) is 48.8 Å². The summed E-state index contributed by atoms with van der Waals surface area (Å²) in [6.45, 7) is 11.1. The maximum atomic E-state index is 10.4. The molecule has 4 heteroatoms.